The highest BCUT2D eigenvalue weighted by atomic mass is 35.5. The molecule has 3 nitrogen and oxygen atoms in total. The van der Waals surface area contributed by atoms with Gasteiger partial charge in [0, 0.05) is 17.1 Å². The Balaban J connectivity index is 0.000000810. The van der Waals surface area contributed by atoms with Gasteiger partial charge >= 0.3 is 0 Å². The van der Waals surface area contributed by atoms with Gasteiger partial charge < -0.3 is 17.2 Å². The van der Waals surface area contributed by atoms with Crippen LogP contribution in [-0.2, 0) is 0 Å². The fourth-order valence-corrected chi connectivity index (χ4v) is 0.702. The van der Waals surface area contributed by atoms with Crippen molar-refractivity contribution in [2.45, 2.75) is 0 Å². The first-order chi connectivity index (χ1) is 4.18. The molecule has 1 aromatic rings. The fourth-order valence-electron chi connectivity index (χ4n) is 0.702. The lowest BCUT2D eigenvalue weighted by molar-refractivity contribution is 1.65. The Morgan fingerprint density at radius 1 is 0.700 bits per heavy atom. The molecule has 10 heavy (non-hydrogen) atoms. The first-order valence-electron chi connectivity index (χ1n) is 2.60. The van der Waals surface area contributed by atoms with Crippen LogP contribution >= 0.6 is 12.4 Å². The minimum absolute atomic E-state index is 0. The summed E-state index contributed by atoms with van der Waals surface area (Å²) in [5.74, 6) is 0. The van der Waals surface area contributed by atoms with E-state index in [1.165, 1.54) is 0 Å². The molecule has 0 aliphatic rings. The summed E-state index contributed by atoms with van der Waals surface area (Å²) in [5, 5.41) is 0. The Morgan fingerprint density at radius 2 is 0.900 bits per heavy atom. The van der Waals surface area contributed by atoms with Crippen molar-refractivity contribution < 1.29 is 0 Å². The van der Waals surface area contributed by atoms with Crippen LogP contribution in [0.25, 0.3) is 0 Å². The third kappa shape index (κ3) is 2.03. The van der Waals surface area contributed by atoms with Crippen molar-refractivity contribution in [1.82, 2.24) is 0 Å². The second kappa shape index (κ2) is 3.17. The lowest BCUT2D eigenvalue weighted by Gasteiger charge is -1.97. The maximum Gasteiger partial charge on any atom is 0.0355 e. The Bertz CT molecular complexity index is 174. The molecule has 0 bridgehead atoms. The van der Waals surface area contributed by atoms with Crippen LogP contribution in [0.1, 0.15) is 0 Å². The molecule has 0 unspecified atom stereocenters. The molecular formula is C6H10ClN3. The summed E-state index contributed by atoms with van der Waals surface area (Å²) in [4.78, 5) is 0. The summed E-state index contributed by atoms with van der Waals surface area (Å²) in [6.45, 7) is 0. The zero-order chi connectivity index (χ0) is 6.85. The fraction of sp³-hybridized carbons (Fsp3) is 0. The zero-order valence-corrected chi connectivity index (χ0v) is 6.19. The summed E-state index contributed by atoms with van der Waals surface area (Å²) in [5.41, 5.74) is 18.0. The van der Waals surface area contributed by atoms with Crippen LogP contribution in [0.2, 0.25) is 0 Å². The lowest BCUT2D eigenvalue weighted by atomic mass is 10.2. The van der Waals surface area contributed by atoms with Crippen molar-refractivity contribution in [3.63, 3.8) is 0 Å². The van der Waals surface area contributed by atoms with E-state index in [1.54, 1.807) is 18.2 Å². The van der Waals surface area contributed by atoms with Gasteiger partial charge in [0.05, 0.1) is 0 Å². The second-order valence-electron chi connectivity index (χ2n) is 1.93. The summed E-state index contributed by atoms with van der Waals surface area (Å²) < 4.78 is 0. The quantitative estimate of drug-likeness (QED) is 0.492. The number of nitrogens with two attached hydrogens (primary N) is 3. The van der Waals surface area contributed by atoms with Gasteiger partial charge in [-0.15, -0.1) is 12.4 Å². The molecule has 0 radical (unpaired) electrons. The lowest BCUT2D eigenvalue weighted by Crippen LogP contribution is -1.93. The number of hydrogen-bond acceptors (Lipinski definition) is 3. The molecule has 1 rings (SSSR count). The van der Waals surface area contributed by atoms with Gasteiger partial charge in [0.1, 0.15) is 0 Å². The predicted octanol–water partition coefficient (Wildman–Crippen LogP) is 0.855. The van der Waals surface area contributed by atoms with E-state index in [2.05, 4.69) is 0 Å². The molecule has 4 heteroatoms. The molecule has 0 spiro atoms. The minimum atomic E-state index is 0. The average Bonchev–Trinajstić information content (AvgIpc) is 1.59. The average molecular weight is 160 g/mol. The molecule has 0 aromatic heterocycles. The maximum atomic E-state index is 5.40. The summed E-state index contributed by atoms with van der Waals surface area (Å²) in [6, 6.07) is 4.99. The van der Waals surface area contributed by atoms with Crippen molar-refractivity contribution in [2.75, 3.05) is 17.2 Å². The molecule has 0 atom stereocenters. The Morgan fingerprint density at radius 3 is 1.10 bits per heavy atom. The Kier molecular flexibility index (Phi) is 2.83. The van der Waals surface area contributed by atoms with Gasteiger partial charge in [-0.1, -0.05) is 0 Å². The number of rotatable bonds is 0. The third-order valence-electron chi connectivity index (χ3n) is 1.00. The summed E-state index contributed by atoms with van der Waals surface area (Å²) in [7, 11) is 0. The normalized spacial score (nSPS) is 8.40. The van der Waals surface area contributed by atoms with Gasteiger partial charge in [-0.05, 0) is 18.2 Å². The molecule has 0 fully saturated rings. The molecule has 1 aromatic carbocycles. The van der Waals surface area contributed by atoms with Crippen molar-refractivity contribution in [1.29, 1.82) is 0 Å². The molecule has 0 saturated heterocycles. The number of benzene rings is 1. The number of nitrogen functional groups attached to an aromatic ring is 3. The summed E-state index contributed by atoms with van der Waals surface area (Å²) in [6.07, 6.45) is 0. The van der Waals surface area contributed by atoms with Gasteiger partial charge in [0.25, 0.3) is 0 Å². The monoisotopic (exact) mass is 159 g/mol. The first kappa shape index (κ1) is 8.91. The van der Waals surface area contributed by atoms with E-state index in [0.717, 1.165) is 0 Å². The van der Waals surface area contributed by atoms with Crippen LogP contribution in [0.5, 0.6) is 0 Å². The first-order valence-corrected chi connectivity index (χ1v) is 2.60. The van der Waals surface area contributed by atoms with Crippen molar-refractivity contribution in [3.05, 3.63) is 18.2 Å². The van der Waals surface area contributed by atoms with Crippen molar-refractivity contribution >= 4 is 29.5 Å². The van der Waals surface area contributed by atoms with E-state index < -0.39 is 0 Å². The molecule has 0 amide bonds. The number of anilines is 3. The topological polar surface area (TPSA) is 78.1 Å². The number of halogens is 1. The van der Waals surface area contributed by atoms with Crippen molar-refractivity contribution in [2.24, 2.45) is 0 Å². The van der Waals surface area contributed by atoms with Gasteiger partial charge in [-0.3, -0.25) is 0 Å². The maximum absolute atomic E-state index is 5.40. The molecule has 6 N–H and O–H groups in total. The molecule has 0 aliphatic carbocycles. The highest BCUT2D eigenvalue weighted by molar-refractivity contribution is 5.85. The van der Waals surface area contributed by atoms with Crippen LogP contribution in [0, 0.1) is 0 Å². The Hall–Kier alpha value is -1.09. The molecule has 0 saturated carbocycles. The minimum Gasteiger partial charge on any atom is -0.399 e. The zero-order valence-electron chi connectivity index (χ0n) is 5.37. The van der Waals surface area contributed by atoms with Crippen LogP contribution in [0.15, 0.2) is 18.2 Å². The van der Waals surface area contributed by atoms with E-state index in [1.807, 2.05) is 0 Å². The van der Waals surface area contributed by atoms with Crippen molar-refractivity contribution in [3.8, 4) is 0 Å². The van der Waals surface area contributed by atoms with E-state index in [0.29, 0.717) is 17.1 Å². The number of hydrogen-bond donors (Lipinski definition) is 3. The highest BCUT2D eigenvalue weighted by Crippen LogP contribution is 2.14. The molecule has 0 aliphatic heterocycles. The Labute approximate surface area is 65.6 Å². The van der Waals surface area contributed by atoms with Gasteiger partial charge in [0.2, 0.25) is 0 Å². The van der Waals surface area contributed by atoms with Gasteiger partial charge in [-0.25, -0.2) is 0 Å². The van der Waals surface area contributed by atoms with E-state index >= 15 is 0 Å². The third-order valence-corrected chi connectivity index (χ3v) is 1.00. The highest BCUT2D eigenvalue weighted by Gasteiger charge is 1.89. The van der Waals surface area contributed by atoms with E-state index in [-0.39, 0.29) is 12.4 Å². The second-order valence-corrected chi connectivity index (χ2v) is 1.93. The SMILES string of the molecule is Cl.Nc1cc(N)cc(N)c1. The smallest absolute Gasteiger partial charge is 0.0355 e. The largest absolute Gasteiger partial charge is 0.399 e. The molecular weight excluding hydrogens is 150 g/mol. The standard InChI is InChI=1S/C6H9N3.ClH/c7-4-1-5(8)3-6(9)2-4;/h1-3H,7-9H2;1H. The van der Waals surface area contributed by atoms with E-state index in [9.17, 15) is 0 Å². The van der Waals surface area contributed by atoms with Gasteiger partial charge in [-0.2, -0.15) is 0 Å². The van der Waals surface area contributed by atoms with Crippen LogP contribution in [0.3, 0.4) is 0 Å². The van der Waals surface area contributed by atoms with Crippen LogP contribution in [0.4, 0.5) is 17.1 Å². The summed E-state index contributed by atoms with van der Waals surface area (Å²) >= 11 is 0. The molecule has 0 heterocycles. The van der Waals surface area contributed by atoms with E-state index in [4.69, 9.17) is 17.2 Å². The van der Waals surface area contributed by atoms with Crippen LogP contribution in [-0.4, -0.2) is 0 Å². The molecule has 56 valence electrons. The van der Waals surface area contributed by atoms with Crippen LogP contribution < -0.4 is 17.2 Å². The predicted molar refractivity (Wildman–Crippen MR) is 46.9 cm³/mol. The van der Waals surface area contributed by atoms with Gasteiger partial charge in [0.15, 0.2) is 0 Å².